The Kier molecular flexibility index (Phi) is 11.2. The standard InChI is InChI=1S/C28H34ClF3N4O5/c1-4-11-34(12-13-40-3)25(37)15-33-27(39)35-17-20-7-5-6-8-24(20)36(16-19(35)2)26(38)22-10-9-21(14-23(22)29)41-18-28(30,31)32/h5-10,14,19H,4,11-13,15-18H2,1-3H3,(H,33,39)/t19-/m1/s1. The van der Waals surface area contributed by atoms with Crippen molar-refractivity contribution in [1.82, 2.24) is 15.1 Å². The maximum atomic E-state index is 13.7. The van der Waals surface area contributed by atoms with Crippen molar-refractivity contribution in [2.75, 3.05) is 51.4 Å². The van der Waals surface area contributed by atoms with Gasteiger partial charge in [-0.2, -0.15) is 13.2 Å². The number of alkyl halides is 3. The summed E-state index contributed by atoms with van der Waals surface area (Å²) in [6.45, 7) is 3.70. The number of ether oxygens (including phenoxy) is 2. The van der Waals surface area contributed by atoms with Crippen molar-refractivity contribution in [2.45, 2.75) is 39.0 Å². The molecule has 0 radical (unpaired) electrons. The van der Waals surface area contributed by atoms with Crippen LogP contribution in [0.2, 0.25) is 5.02 Å². The summed E-state index contributed by atoms with van der Waals surface area (Å²) in [5.41, 5.74) is 1.34. The smallest absolute Gasteiger partial charge is 0.422 e. The first-order valence-corrected chi connectivity index (χ1v) is 13.5. The highest BCUT2D eigenvalue weighted by Gasteiger charge is 2.33. The zero-order chi connectivity index (χ0) is 30.2. The molecule has 4 amide bonds. The lowest BCUT2D eigenvalue weighted by atomic mass is 10.1. The monoisotopic (exact) mass is 598 g/mol. The Hall–Kier alpha value is -3.51. The van der Waals surface area contributed by atoms with Gasteiger partial charge in [0.1, 0.15) is 5.75 Å². The molecule has 1 N–H and O–H groups in total. The van der Waals surface area contributed by atoms with E-state index in [4.69, 9.17) is 21.1 Å². The largest absolute Gasteiger partial charge is 0.484 e. The van der Waals surface area contributed by atoms with Gasteiger partial charge in [-0.3, -0.25) is 9.59 Å². The first-order valence-electron chi connectivity index (χ1n) is 13.1. The lowest BCUT2D eigenvalue weighted by Crippen LogP contribution is -2.50. The predicted molar refractivity (Wildman–Crippen MR) is 148 cm³/mol. The Morgan fingerprint density at radius 3 is 2.54 bits per heavy atom. The van der Waals surface area contributed by atoms with Crippen LogP contribution in [0.5, 0.6) is 5.75 Å². The van der Waals surface area contributed by atoms with Crippen molar-refractivity contribution in [3.63, 3.8) is 0 Å². The van der Waals surface area contributed by atoms with Crippen LogP contribution in [0.1, 0.15) is 36.2 Å². The summed E-state index contributed by atoms with van der Waals surface area (Å²) in [5.74, 6) is -0.831. The van der Waals surface area contributed by atoms with E-state index in [1.165, 1.54) is 23.1 Å². The van der Waals surface area contributed by atoms with E-state index in [0.29, 0.717) is 30.9 Å². The zero-order valence-corrected chi connectivity index (χ0v) is 23.9. The van der Waals surface area contributed by atoms with Crippen molar-refractivity contribution in [3.05, 3.63) is 58.6 Å². The van der Waals surface area contributed by atoms with Crippen molar-refractivity contribution in [3.8, 4) is 5.75 Å². The molecule has 41 heavy (non-hydrogen) atoms. The minimum atomic E-state index is -4.52. The first-order chi connectivity index (χ1) is 19.4. The highest BCUT2D eigenvalue weighted by Crippen LogP contribution is 2.31. The van der Waals surface area contributed by atoms with Gasteiger partial charge in [0.2, 0.25) is 5.91 Å². The molecule has 0 spiro atoms. The Labute approximate surface area is 242 Å². The van der Waals surface area contributed by atoms with E-state index in [9.17, 15) is 27.6 Å². The number of methoxy groups -OCH3 is 1. The second-order valence-corrected chi connectivity index (χ2v) is 10.0. The molecule has 1 aliphatic heterocycles. The molecule has 0 saturated carbocycles. The van der Waals surface area contributed by atoms with Gasteiger partial charge < -0.3 is 29.5 Å². The van der Waals surface area contributed by atoms with Crippen LogP contribution in [0, 0.1) is 0 Å². The number of amides is 4. The molecule has 0 unspecified atom stereocenters. The van der Waals surface area contributed by atoms with Crippen LogP contribution in [0.15, 0.2) is 42.5 Å². The van der Waals surface area contributed by atoms with Crippen molar-refractivity contribution >= 4 is 35.1 Å². The maximum absolute atomic E-state index is 13.7. The Balaban J connectivity index is 1.77. The van der Waals surface area contributed by atoms with Crippen molar-refractivity contribution in [2.24, 2.45) is 0 Å². The lowest BCUT2D eigenvalue weighted by Gasteiger charge is -2.30. The van der Waals surface area contributed by atoms with E-state index in [-0.39, 0.29) is 41.9 Å². The minimum absolute atomic E-state index is 0.0673. The molecule has 9 nitrogen and oxygen atoms in total. The molecule has 1 atom stereocenters. The number of hydrogen-bond acceptors (Lipinski definition) is 5. The topological polar surface area (TPSA) is 91.4 Å². The quantitative estimate of drug-likeness (QED) is 0.427. The number of carbonyl (C=O) groups is 3. The average molecular weight is 599 g/mol. The van der Waals surface area contributed by atoms with Crippen LogP contribution < -0.4 is 15.0 Å². The molecule has 13 heteroatoms. The van der Waals surface area contributed by atoms with Gasteiger partial charge in [0.15, 0.2) is 6.61 Å². The van der Waals surface area contributed by atoms with Gasteiger partial charge in [0.25, 0.3) is 5.91 Å². The number of carbonyl (C=O) groups excluding carboxylic acids is 3. The van der Waals surface area contributed by atoms with Gasteiger partial charge in [-0.25, -0.2) is 4.79 Å². The minimum Gasteiger partial charge on any atom is -0.484 e. The number of urea groups is 1. The second kappa shape index (κ2) is 14.4. The third-order valence-corrected chi connectivity index (χ3v) is 6.80. The predicted octanol–water partition coefficient (Wildman–Crippen LogP) is 4.73. The number of rotatable bonds is 10. The van der Waals surface area contributed by atoms with Gasteiger partial charge in [-0.1, -0.05) is 36.7 Å². The summed E-state index contributed by atoms with van der Waals surface area (Å²) in [7, 11) is 1.55. The van der Waals surface area contributed by atoms with Crippen LogP contribution in [-0.2, 0) is 16.1 Å². The molecular weight excluding hydrogens is 565 g/mol. The van der Waals surface area contributed by atoms with E-state index in [1.807, 2.05) is 6.92 Å². The Bertz CT molecular complexity index is 1230. The third kappa shape index (κ3) is 8.74. The molecule has 1 heterocycles. The fraction of sp³-hybridized carbons (Fsp3) is 0.464. The highest BCUT2D eigenvalue weighted by molar-refractivity contribution is 6.34. The highest BCUT2D eigenvalue weighted by atomic mass is 35.5. The summed E-state index contributed by atoms with van der Waals surface area (Å²) in [4.78, 5) is 44.3. The second-order valence-electron chi connectivity index (χ2n) is 9.60. The number of hydrogen-bond donors (Lipinski definition) is 1. The van der Waals surface area contributed by atoms with E-state index in [0.717, 1.165) is 6.42 Å². The molecule has 0 aromatic heterocycles. The van der Waals surface area contributed by atoms with Gasteiger partial charge >= 0.3 is 12.2 Å². The molecule has 3 rings (SSSR count). The van der Waals surface area contributed by atoms with Gasteiger partial charge in [0.05, 0.1) is 23.7 Å². The molecule has 2 aromatic carbocycles. The normalized spacial score (nSPS) is 15.1. The van der Waals surface area contributed by atoms with Crippen molar-refractivity contribution < 1.29 is 37.0 Å². The Morgan fingerprint density at radius 2 is 1.88 bits per heavy atom. The van der Waals surface area contributed by atoms with E-state index in [1.54, 1.807) is 48.1 Å². The van der Waals surface area contributed by atoms with Crippen LogP contribution in [0.4, 0.5) is 23.7 Å². The summed E-state index contributed by atoms with van der Waals surface area (Å²) >= 11 is 6.30. The van der Waals surface area contributed by atoms with Gasteiger partial charge in [-0.15, -0.1) is 0 Å². The fourth-order valence-electron chi connectivity index (χ4n) is 4.44. The summed E-state index contributed by atoms with van der Waals surface area (Å²) < 4.78 is 47.4. The summed E-state index contributed by atoms with van der Waals surface area (Å²) in [6.07, 6.45) is -3.75. The molecular formula is C28H34ClF3N4O5. The molecule has 2 aromatic rings. The van der Waals surface area contributed by atoms with E-state index in [2.05, 4.69) is 5.32 Å². The van der Waals surface area contributed by atoms with Crippen molar-refractivity contribution in [1.29, 1.82) is 0 Å². The molecule has 0 fully saturated rings. The summed E-state index contributed by atoms with van der Waals surface area (Å²) in [6, 6.07) is 9.90. The van der Waals surface area contributed by atoms with Crippen LogP contribution in [0.3, 0.4) is 0 Å². The molecule has 0 aliphatic carbocycles. The van der Waals surface area contributed by atoms with Crippen LogP contribution >= 0.6 is 11.6 Å². The lowest BCUT2D eigenvalue weighted by molar-refractivity contribution is -0.153. The SMILES string of the molecule is CCCN(CCOC)C(=O)CNC(=O)N1Cc2ccccc2N(C(=O)c2ccc(OCC(F)(F)F)cc2Cl)C[C@H]1C. The molecule has 1 aliphatic rings. The summed E-state index contributed by atoms with van der Waals surface area (Å²) in [5, 5.41) is 2.64. The molecule has 0 bridgehead atoms. The van der Waals surface area contributed by atoms with E-state index >= 15 is 0 Å². The first kappa shape index (κ1) is 32.0. The van der Waals surface area contributed by atoms with Gasteiger partial charge in [-0.05, 0) is 43.2 Å². The van der Waals surface area contributed by atoms with E-state index < -0.39 is 30.8 Å². The molecule has 0 saturated heterocycles. The number of nitrogens with one attached hydrogen (secondary N) is 1. The average Bonchev–Trinajstić information content (AvgIpc) is 3.08. The Morgan fingerprint density at radius 1 is 1.15 bits per heavy atom. The van der Waals surface area contributed by atoms with Crippen LogP contribution in [-0.4, -0.2) is 86.4 Å². The fourth-order valence-corrected chi connectivity index (χ4v) is 4.69. The number of nitrogens with zero attached hydrogens (tertiary/aromatic N) is 3. The number of halogens is 4. The molecule has 224 valence electrons. The number of benzene rings is 2. The third-order valence-electron chi connectivity index (χ3n) is 6.48. The number of anilines is 1. The number of para-hydroxylation sites is 1. The maximum Gasteiger partial charge on any atom is 0.422 e. The zero-order valence-electron chi connectivity index (χ0n) is 23.2. The number of fused-ring (bicyclic) bond motifs is 1. The van der Waals surface area contributed by atoms with Gasteiger partial charge in [0, 0.05) is 45.0 Å². The van der Waals surface area contributed by atoms with Crippen LogP contribution in [0.25, 0.3) is 0 Å².